The molecule has 1 unspecified atom stereocenters. The molecule has 0 spiro atoms. The first-order chi connectivity index (χ1) is 25.3. The number of ether oxygens (including phenoxy) is 2. The third-order valence-electron chi connectivity index (χ3n) is 8.17. The van der Waals surface area contributed by atoms with Crippen molar-refractivity contribution < 1.29 is 37.6 Å². The molecule has 2 atom stereocenters. The van der Waals surface area contributed by atoms with Gasteiger partial charge in [0.2, 0.25) is 0 Å². The standard InChI is InChI=1S/C42H74NO8P/c1-3-5-7-9-11-13-15-17-18-19-20-21-22-23-25-26-28-30-32-34-41(44)48-38-40(39-50-52(46,47)49-37-36-43)51-42(45)35-33-31-29-27-24-16-14-12-10-8-6-4-2/h5,7,11,13,17-18,20-21,23,25,40H,3-4,6,8-10,12,14-16,19,22,24,26-39,43H2,1-2H3,(H,46,47)/b7-5-,13-11-,18-17-,21-20-,25-23-/t40-/m1/s1. The number of hydrogen-bond donors (Lipinski definition) is 2. The van der Waals surface area contributed by atoms with Crippen LogP contribution in [0, 0.1) is 0 Å². The maximum Gasteiger partial charge on any atom is 0.472 e. The Labute approximate surface area is 317 Å². The maximum atomic E-state index is 12.5. The predicted molar refractivity (Wildman–Crippen MR) is 215 cm³/mol. The summed E-state index contributed by atoms with van der Waals surface area (Å²) in [6, 6.07) is 0. The van der Waals surface area contributed by atoms with Gasteiger partial charge in [-0.2, -0.15) is 0 Å². The van der Waals surface area contributed by atoms with Gasteiger partial charge in [0.05, 0.1) is 13.2 Å². The van der Waals surface area contributed by atoms with Gasteiger partial charge in [-0.05, 0) is 57.8 Å². The number of allylic oxidation sites excluding steroid dienone is 10. The van der Waals surface area contributed by atoms with Crippen LogP contribution in [-0.2, 0) is 32.7 Å². The smallest absolute Gasteiger partial charge is 0.462 e. The van der Waals surface area contributed by atoms with E-state index in [1.165, 1.54) is 51.4 Å². The van der Waals surface area contributed by atoms with Crippen LogP contribution in [0.3, 0.4) is 0 Å². The second-order valence-corrected chi connectivity index (χ2v) is 14.6. The Hall–Kier alpha value is -2.29. The number of esters is 2. The lowest BCUT2D eigenvalue weighted by atomic mass is 10.0. The molecule has 0 amide bonds. The third-order valence-corrected chi connectivity index (χ3v) is 9.15. The highest BCUT2D eigenvalue weighted by Crippen LogP contribution is 2.43. The fourth-order valence-corrected chi connectivity index (χ4v) is 5.95. The van der Waals surface area contributed by atoms with Crippen molar-refractivity contribution >= 4 is 19.8 Å². The molecule has 0 fully saturated rings. The number of carbonyl (C=O) groups is 2. The largest absolute Gasteiger partial charge is 0.472 e. The van der Waals surface area contributed by atoms with Crippen LogP contribution in [0.5, 0.6) is 0 Å². The van der Waals surface area contributed by atoms with Crippen molar-refractivity contribution in [1.82, 2.24) is 0 Å². The summed E-state index contributed by atoms with van der Waals surface area (Å²) in [5.41, 5.74) is 5.33. The van der Waals surface area contributed by atoms with Gasteiger partial charge in [-0.3, -0.25) is 18.6 Å². The van der Waals surface area contributed by atoms with Gasteiger partial charge in [0.15, 0.2) is 6.10 Å². The van der Waals surface area contributed by atoms with E-state index in [-0.39, 0.29) is 32.6 Å². The van der Waals surface area contributed by atoms with Crippen molar-refractivity contribution in [2.75, 3.05) is 26.4 Å². The van der Waals surface area contributed by atoms with E-state index in [9.17, 15) is 19.0 Å². The highest BCUT2D eigenvalue weighted by molar-refractivity contribution is 7.47. The minimum atomic E-state index is -4.38. The van der Waals surface area contributed by atoms with Crippen LogP contribution in [0.15, 0.2) is 60.8 Å². The van der Waals surface area contributed by atoms with E-state index in [1.54, 1.807) is 0 Å². The van der Waals surface area contributed by atoms with E-state index in [2.05, 4.69) is 74.6 Å². The molecule has 0 saturated carbocycles. The molecule has 0 saturated heterocycles. The molecule has 0 aromatic carbocycles. The molecule has 9 nitrogen and oxygen atoms in total. The van der Waals surface area contributed by atoms with Gasteiger partial charge in [0.25, 0.3) is 0 Å². The van der Waals surface area contributed by atoms with E-state index in [0.29, 0.717) is 12.8 Å². The predicted octanol–water partition coefficient (Wildman–Crippen LogP) is 11.3. The van der Waals surface area contributed by atoms with Crippen molar-refractivity contribution in [2.45, 2.75) is 168 Å². The summed E-state index contributed by atoms with van der Waals surface area (Å²) in [7, 11) is -4.38. The quantitative estimate of drug-likeness (QED) is 0.0275. The van der Waals surface area contributed by atoms with Crippen LogP contribution >= 0.6 is 7.82 Å². The van der Waals surface area contributed by atoms with Crippen molar-refractivity contribution in [3.05, 3.63) is 60.8 Å². The Morgan fingerprint density at radius 2 is 1.06 bits per heavy atom. The zero-order valence-electron chi connectivity index (χ0n) is 32.8. The molecule has 0 aromatic heterocycles. The van der Waals surface area contributed by atoms with Crippen molar-refractivity contribution in [3.63, 3.8) is 0 Å². The Morgan fingerprint density at radius 1 is 0.596 bits per heavy atom. The van der Waals surface area contributed by atoms with Gasteiger partial charge in [-0.1, -0.05) is 152 Å². The Bertz CT molecular complexity index is 1040. The average Bonchev–Trinajstić information content (AvgIpc) is 3.13. The van der Waals surface area contributed by atoms with E-state index in [4.69, 9.17) is 24.3 Å². The Kier molecular flexibility index (Phi) is 36.7. The van der Waals surface area contributed by atoms with Gasteiger partial charge in [0.1, 0.15) is 6.61 Å². The lowest BCUT2D eigenvalue weighted by molar-refractivity contribution is -0.161. The normalized spacial score (nSPS) is 14.0. The lowest BCUT2D eigenvalue weighted by Crippen LogP contribution is -2.29. The summed E-state index contributed by atoms with van der Waals surface area (Å²) in [6.45, 7) is 3.56. The molecule has 0 rings (SSSR count). The monoisotopic (exact) mass is 752 g/mol. The number of rotatable bonds is 37. The second kappa shape index (κ2) is 38.4. The van der Waals surface area contributed by atoms with Crippen LogP contribution in [0.1, 0.15) is 162 Å². The van der Waals surface area contributed by atoms with Crippen LogP contribution in [0.2, 0.25) is 0 Å². The minimum Gasteiger partial charge on any atom is -0.462 e. The number of hydrogen-bond acceptors (Lipinski definition) is 8. The number of phosphoric acid groups is 1. The lowest BCUT2D eigenvalue weighted by Gasteiger charge is -2.19. The van der Waals surface area contributed by atoms with Gasteiger partial charge in [-0.15, -0.1) is 0 Å². The van der Waals surface area contributed by atoms with E-state index in [0.717, 1.165) is 70.6 Å². The molecule has 0 radical (unpaired) electrons. The fraction of sp³-hybridized carbons (Fsp3) is 0.714. The molecule has 0 aliphatic rings. The van der Waals surface area contributed by atoms with Gasteiger partial charge in [0, 0.05) is 19.4 Å². The molecule has 0 aliphatic heterocycles. The van der Waals surface area contributed by atoms with Gasteiger partial charge < -0.3 is 20.1 Å². The van der Waals surface area contributed by atoms with Gasteiger partial charge in [-0.25, -0.2) is 4.57 Å². The first-order valence-corrected chi connectivity index (χ1v) is 21.8. The molecule has 0 aromatic rings. The maximum absolute atomic E-state index is 12.5. The van der Waals surface area contributed by atoms with Crippen LogP contribution in [-0.4, -0.2) is 49.3 Å². The minimum absolute atomic E-state index is 0.0469. The van der Waals surface area contributed by atoms with Crippen molar-refractivity contribution in [1.29, 1.82) is 0 Å². The second-order valence-electron chi connectivity index (χ2n) is 13.1. The summed E-state index contributed by atoms with van der Waals surface area (Å²) in [5.74, 6) is -0.870. The van der Waals surface area contributed by atoms with Crippen LogP contribution in [0.4, 0.5) is 0 Å². The first kappa shape index (κ1) is 49.7. The number of phosphoric ester groups is 1. The SMILES string of the molecule is CC/C=C\C/C=C\C/C=C\C/C=C\C/C=C\CCCCCC(=O)OC[C@H](COP(=O)(O)OCCN)OC(=O)CCCCCCCCCCCCCC. The molecular weight excluding hydrogens is 677 g/mol. The average molecular weight is 752 g/mol. The topological polar surface area (TPSA) is 134 Å². The summed E-state index contributed by atoms with van der Waals surface area (Å²) >= 11 is 0. The zero-order chi connectivity index (χ0) is 38.2. The highest BCUT2D eigenvalue weighted by Gasteiger charge is 2.25. The third kappa shape index (κ3) is 37.5. The summed E-state index contributed by atoms with van der Waals surface area (Å²) < 4.78 is 32.7. The summed E-state index contributed by atoms with van der Waals surface area (Å²) in [5, 5.41) is 0. The van der Waals surface area contributed by atoms with Crippen LogP contribution in [0.25, 0.3) is 0 Å². The Morgan fingerprint density at radius 3 is 1.58 bits per heavy atom. The molecule has 0 heterocycles. The number of nitrogens with two attached hydrogens (primary N) is 1. The van der Waals surface area contributed by atoms with E-state index < -0.39 is 32.5 Å². The summed E-state index contributed by atoms with van der Waals surface area (Å²) in [6.07, 6.45) is 43.9. The fourth-order valence-electron chi connectivity index (χ4n) is 5.19. The molecular formula is C42H74NO8P. The molecule has 10 heteroatoms. The molecule has 300 valence electrons. The van der Waals surface area contributed by atoms with Gasteiger partial charge >= 0.3 is 19.8 Å². The van der Waals surface area contributed by atoms with Crippen molar-refractivity contribution in [2.24, 2.45) is 5.73 Å². The van der Waals surface area contributed by atoms with E-state index >= 15 is 0 Å². The number of carbonyl (C=O) groups excluding carboxylic acids is 2. The van der Waals surface area contributed by atoms with Crippen molar-refractivity contribution in [3.8, 4) is 0 Å². The molecule has 52 heavy (non-hydrogen) atoms. The summed E-state index contributed by atoms with van der Waals surface area (Å²) in [4.78, 5) is 34.8. The molecule has 3 N–H and O–H groups in total. The molecule has 0 aliphatic carbocycles. The highest BCUT2D eigenvalue weighted by atomic mass is 31.2. The Balaban J connectivity index is 4.25. The molecule has 0 bridgehead atoms. The number of unbranched alkanes of at least 4 members (excludes halogenated alkanes) is 14. The zero-order valence-corrected chi connectivity index (χ0v) is 33.7. The van der Waals surface area contributed by atoms with Crippen LogP contribution < -0.4 is 5.73 Å². The van der Waals surface area contributed by atoms with E-state index in [1.807, 2.05) is 0 Å². The first-order valence-electron chi connectivity index (χ1n) is 20.3.